The van der Waals surface area contributed by atoms with Crippen molar-refractivity contribution < 1.29 is 13.5 Å². The Morgan fingerprint density at radius 2 is 1.72 bits per heavy atom. The van der Waals surface area contributed by atoms with E-state index in [1.54, 1.807) is 42.6 Å². The van der Waals surface area contributed by atoms with E-state index in [0.29, 0.717) is 5.52 Å². The maximum absolute atomic E-state index is 13.2. The first-order valence-corrected chi connectivity index (χ1v) is 9.78. The fourth-order valence-corrected chi connectivity index (χ4v) is 5.60. The van der Waals surface area contributed by atoms with E-state index in [4.69, 9.17) is 0 Å². The number of fused-ring (bicyclic) bond motifs is 7. The first-order valence-electron chi connectivity index (χ1n) is 8.34. The Labute approximate surface area is 146 Å². The molecule has 2 bridgehead atoms. The van der Waals surface area contributed by atoms with Gasteiger partial charge in [0, 0.05) is 29.0 Å². The minimum atomic E-state index is -3.68. The molecule has 4 nitrogen and oxygen atoms in total. The lowest BCUT2D eigenvalue weighted by Gasteiger charge is -2.16. The second-order valence-electron chi connectivity index (χ2n) is 6.92. The summed E-state index contributed by atoms with van der Waals surface area (Å²) in [7, 11) is -3.68. The van der Waals surface area contributed by atoms with Crippen molar-refractivity contribution >= 4 is 20.9 Å². The summed E-state index contributed by atoms with van der Waals surface area (Å²) < 4.78 is 27.8. The Morgan fingerprint density at radius 3 is 2.44 bits per heavy atom. The van der Waals surface area contributed by atoms with E-state index in [1.165, 1.54) is 3.97 Å². The molecule has 3 aromatic rings. The summed E-state index contributed by atoms with van der Waals surface area (Å²) in [6.45, 7) is 1.93. The van der Waals surface area contributed by atoms with Gasteiger partial charge in [-0.3, -0.25) is 0 Å². The molecule has 0 radical (unpaired) electrons. The largest absolute Gasteiger partial charge is 0.508 e. The molecule has 1 N–H and O–H groups in total. The molecule has 0 saturated heterocycles. The van der Waals surface area contributed by atoms with Crippen LogP contribution in [0, 0.1) is 6.92 Å². The molecule has 1 aromatic heterocycles. The molecule has 2 aliphatic carbocycles. The summed E-state index contributed by atoms with van der Waals surface area (Å²) in [5.74, 6) is 0.635. The lowest BCUT2D eigenvalue weighted by Crippen LogP contribution is -2.13. The Morgan fingerprint density at radius 1 is 1.04 bits per heavy atom. The number of aryl methyl sites for hydroxylation is 1. The monoisotopic (exact) mass is 351 g/mol. The first-order chi connectivity index (χ1) is 12.0. The molecule has 25 heavy (non-hydrogen) atoms. The highest BCUT2D eigenvalue weighted by atomic mass is 32.2. The number of hydrogen-bond donors (Lipinski definition) is 1. The molecule has 2 aliphatic rings. The van der Waals surface area contributed by atoms with Gasteiger partial charge in [-0.15, -0.1) is 0 Å². The van der Waals surface area contributed by atoms with E-state index in [2.05, 4.69) is 12.2 Å². The number of allylic oxidation sites excluding steroid dienone is 2. The van der Waals surface area contributed by atoms with Crippen LogP contribution in [0.1, 0.15) is 34.9 Å². The van der Waals surface area contributed by atoms with Crippen molar-refractivity contribution in [3.05, 3.63) is 71.4 Å². The first kappa shape index (κ1) is 14.8. The number of rotatable bonds is 2. The van der Waals surface area contributed by atoms with Gasteiger partial charge in [-0.1, -0.05) is 29.8 Å². The molecular formula is C20H17NO3S. The number of nitrogens with zero attached hydrogens (tertiary/aromatic N) is 1. The maximum atomic E-state index is 13.2. The third-order valence-corrected chi connectivity index (χ3v) is 7.09. The highest BCUT2D eigenvalue weighted by molar-refractivity contribution is 7.90. The van der Waals surface area contributed by atoms with Crippen LogP contribution in [0.25, 0.3) is 10.9 Å². The normalized spacial score (nSPS) is 21.2. The van der Waals surface area contributed by atoms with E-state index in [0.717, 1.165) is 28.5 Å². The van der Waals surface area contributed by atoms with Crippen molar-refractivity contribution in [3.8, 4) is 5.75 Å². The summed E-state index contributed by atoms with van der Waals surface area (Å²) in [4.78, 5) is 0.274. The lowest BCUT2D eigenvalue weighted by atomic mass is 9.94. The third kappa shape index (κ3) is 1.90. The molecule has 0 spiro atoms. The number of aromatic hydroxyl groups is 1. The van der Waals surface area contributed by atoms with E-state index in [9.17, 15) is 13.5 Å². The molecule has 0 aliphatic heterocycles. The van der Waals surface area contributed by atoms with Gasteiger partial charge in [-0.2, -0.15) is 0 Å². The van der Waals surface area contributed by atoms with Crippen LogP contribution in [0.5, 0.6) is 5.75 Å². The van der Waals surface area contributed by atoms with Crippen molar-refractivity contribution in [2.24, 2.45) is 0 Å². The predicted molar refractivity (Wildman–Crippen MR) is 96.6 cm³/mol. The summed E-state index contributed by atoms with van der Waals surface area (Å²) in [6, 6.07) is 10.3. The van der Waals surface area contributed by atoms with Crippen molar-refractivity contribution in [1.29, 1.82) is 0 Å². The van der Waals surface area contributed by atoms with E-state index < -0.39 is 10.0 Å². The van der Waals surface area contributed by atoms with Gasteiger partial charge in [0.1, 0.15) is 5.75 Å². The van der Waals surface area contributed by atoms with Crippen molar-refractivity contribution in [1.82, 2.24) is 3.97 Å². The van der Waals surface area contributed by atoms with E-state index in [-0.39, 0.29) is 22.5 Å². The number of aromatic nitrogens is 1. The SMILES string of the molecule is Cc1ccc(S(=O)(=O)n2ccc3cc(O)c4c(c32)[C@@H]2C=C[C@H]4C2)cc1. The van der Waals surface area contributed by atoms with Crippen LogP contribution in [0.2, 0.25) is 0 Å². The molecule has 5 heteroatoms. The fraction of sp³-hybridized carbons (Fsp3) is 0.200. The second-order valence-corrected chi connectivity index (χ2v) is 8.74. The van der Waals surface area contributed by atoms with E-state index >= 15 is 0 Å². The maximum Gasteiger partial charge on any atom is 0.268 e. The standard InChI is InChI=1S/C20H17NO3S/c1-12-2-6-16(7-3-12)25(23,24)21-9-8-15-11-17(22)18-13-4-5-14(10-13)19(18)20(15)21/h2-9,11,13-14,22H,10H2,1H3/t13-,14+/m0/s1. The van der Waals surface area contributed by atoms with Crippen molar-refractivity contribution in [3.63, 3.8) is 0 Å². The molecule has 1 heterocycles. The molecule has 0 unspecified atom stereocenters. The molecular weight excluding hydrogens is 334 g/mol. The van der Waals surface area contributed by atoms with Crippen LogP contribution in [-0.2, 0) is 10.0 Å². The van der Waals surface area contributed by atoms with Crippen LogP contribution in [0.15, 0.2) is 59.6 Å². The van der Waals surface area contributed by atoms with Gasteiger partial charge < -0.3 is 5.11 Å². The Hall–Kier alpha value is -2.53. The van der Waals surface area contributed by atoms with Gasteiger partial charge in [-0.25, -0.2) is 12.4 Å². The Kier molecular flexibility index (Phi) is 2.82. The summed E-state index contributed by atoms with van der Waals surface area (Å²) >= 11 is 0. The quantitative estimate of drug-likeness (QED) is 0.709. The molecule has 126 valence electrons. The topological polar surface area (TPSA) is 59.3 Å². The van der Waals surface area contributed by atoms with Crippen molar-refractivity contribution in [2.75, 3.05) is 0 Å². The minimum Gasteiger partial charge on any atom is -0.508 e. The Balaban J connectivity index is 1.81. The van der Waals surface area contributed by atoms with Gasteiger partial charge in [0.15, 0.2) is 0 Å². The zero-order valence-corrected chi connectivity index (χ0v) is 14.5. The van der Waals surface area contributed by atoms with Crippen LogP contribution >= 0.6 is 0 Å². The molecule has 0 fully saturated rings. The second kappa shape index (κ2) is 4.76. The molecule has 5 rings (SSSR count). The highest BCUT2D eigenvalue weighted by Gasteiger charge is 2.38. The highest BCUT2D eigenvalue weighted by Crippen LogP contribution is 2.54. The zero-order valence-electron chi connectivity index (χ0n) is 13.7. The average Bonchev–Trinajstić information content (AvgIpc) is 3.29. The molecule has 0 amide bonds. The zero-order chi connectivity index (χ0) is 17.3. The van der Waals surface area contributed by atoms with Gasteiger partial charge in [-0.05, 0) is 43.2 Å². The minimum absolute atomic E-state index is 0.177. The van der Waals surface area contributed by atoms with Crippen LogP contribution in [0.3, 0.4) is 0 Å². The van der Waals surface area contributed by atoms with Gasteiger partial charge in [0.25, 0.3) is 10.0 Å². The van der Waals surface area contributed by atoms with Gasteiger partial charge in [0.05, 0.1) is 10.4 Å². The predicted octanol–water partition coefficient (Wildman–Crippen LogP) is 4.03. The molecule has 2 aromatic carbocycles. The van der Waals surface area contributed by atoms with Crippen LogP contribution < -0.4 is 0 Å². The van der Waals surface area contributed by atoms with E-state index in [1.807, 2.05) is 6.92 Å². The van der Waals surface area contributed by atoms with Crippen molar-refractivity contribution in [2.45, 2.75) is 30.1 Å². The van der Waals surface area contributed by atoms with Crippen LogP contribution in [0.4, 0.5) is 0 Å². The van der Waals surface area contributed by atoms with Gasteiger partial charge >= 0.3 is 0 Å². The average molecular weight is 351 g/mol. The number of phenolic OH excluding ortho intramolecular Hbond substituents is 1. The lowest BCUT2D eigenvalue weighted by molar-refractivity contribution is 0.468. The molecule has 2 atom stereocenters. The fourth-order valence-electron chi connectivity index (χ4n) is 4.23. The smallest absolute Gasteiger partial charge is 0.268 e. The summed E-state index contributed by atoms with van der Waals surface area (Å²) in [5, 5.41) is 11.2. The summed E-state index contributed by atoms with van der Waals surface area (Å²) in [6.07, 6.45) is 6.75. The number of benzene rings is 2. The summed E-state index contributed by atoms with van der Waals surface area (Å²) in [5.41, 5.74) is 3.57. The molecule has 0 saturated carbocycles. The van der Waals surface area contributed by atoms with Gasteiger partial charge in [0.2, 0.25) is 0 Å². The van der Waals surface area contributed by atoms with Crippen LogP contribution in [-0.4, -0.2) is 17.5 Å². The number of phenols is 1. The number of hydrogen-bond acceptors (Lipinski definition) is 3. The third-order valence-electron chi connectivity index (χ3n) is 5.40. The Bertz CT molecular complexity index is 1150.